The number of para-hydroxylation sites is 1. The number of carbonyl (C=O) groups is 3. The van der Waals surface area contributed by atoms with Crippen molar-refractivity contribution >= 4 is 34.9 Å². The summed E-state index contributed by atoms with van der Waals surface area (Å²) in [5.74, 6) is -1.60. The average Bonchev–Trinajstić information content (AvgIpc) is 3.29. The van der Waals surface area contributed by atoms with E-state index in [2.05, 4.69) is 15.7 Å². The van der Waals surface area contributed by atoms with E-state index in [1.54, 1.807) is 36.4 Å². The summed E-state index contributed by atoms with van der Waals surface area (Å²) < 4.78 is 15.8. The number of imide groups is 1. The molecule has 0 radical (unpaired) electrons. The van der Waals surface area contributed by atoms with E-state index in [0.717, 1.165) is 14.3 Å². The normalized spacial score (nSPS) is 14.8. The van der Waals surface area contributed by atoms with E-state index >= 15 is 0 Å². The predicted octanol–water partition coefficient (Wildman–Crippen LogP) is 1.42. The first-order valence-electron chi connectivity index (χ1n) is 9.79. The topological polar surface area (TPSA) is 119 Å². The lowest BCUT2D eigenvalue weighted by atomic mass is 10.2. The Hall–Kier alpha value is -4.06. The first-order chi connectivity index (χ1) is 15.9. The highest BCUT2D eigenvalue weighted by Gasteiger charge is 2.34. The number of amides is 3. The van der Waals surface area contributed by atoms with Crippen molar-refractivity contribution < 1.29 is 18.8 Å². The van der Waals surface area contributed by atoms with E-state index in [-0.39, 0.29) is 30.1 Å². The largest absolute Gasteiger partial charge is 0.368 e. The van der Waals surface area contributed by atoms with Crippen molar-refractivity contribution in [3.8, 4) is 5.69 Å². The second-order valence-electron chi connectivity index (χ2n) is 6.87. The lowest BCUT2D eigenvalue weighted by Crippen LogP contribution is -2.39. The maximum Gasteiger partial charge on any atom is 0.368 e. The fourth-order valence-corrected chi connectivity index (χ4v) is 3.89. The molecule has 2 aromatic carbocycles. The van der Waals surface area contributed by atoms with Crippen molar-refractivity contribution in [2.24, 2.45) is 0 Å². The number of hydrogen-bond donors (Lipinski definition) is 1. The van der Waals surface area contributed by atoms with Crippen LogP contribution in [0.3, 0.4) is 0 Å². The molecule has 0 bridgehead atoms. The van der Waals surface area contributed by atoms with Gasteiger partial charge in [-0.2, -0.15) is 9.36 Å². The van der Waals surface area contributed by atoms with Gasteiger partial charge in [-0.1, -0.05) is 36.4 Å². The van der Waals surface area contributed by atoms with Crippen LogP contribution in [-0.4, -0.2) is 54.8 Å². The molecule has 1 aliphatic heterocycles. The first-order valence-corrected chi connectivity index (χ1v) is 10.6. The summed E-state index contributed by atoms with van der Waals surface area (Å²) >= 11 is 0.702. The molecule has 0 atom stereocenters. The highest BCUT2D eigenvalue weighted by molar-refractivity contribution is 8.18. The van der Waals surface area contributed by atoms with Crippen LogP contribution in [0.5, 0.6) is 0 Å². The van der Waals surface area contributed by atoms with Crippen LogP contribution >= 0.6 is 11.8 Å². The molecule has 12 heteroatoms. The molecular weight excluding hydrogens is 451 g/mol. The smallest absolute Gasteiger partial charge is 0.353 e. The third kappa shape index (κ3) is 4.90. The van der Waals surface area contributed by atoms with Crippen LogP contribution < -0.4 is 11.0 Å². The summed E-state index contributed by atoms with van der Waals surface area (Å²) in [6, 6.07) is 14.5. The van der Waals surface area contributed by atoms with E-state index in [0.29, 0.717) is 17.4 Å². The summed E-state index contributed by atoms with van der Waals surface area (Å²) in [4.78, 5) is 50.3. The number of carbonyl (C=O) groups excluding carboxylic acids is 3. The van der Waals surface area contributed by atoms with Crippen LogP contribution in [0.15, 0.2) is 64.3 Å². The van der Waals surface area contributed by atoms with Gasteiger partial charge in [0, 0.05) is 18.7 Å². The Kier molecular flexibility index (Phi) is 6.45. The summed E-state index contributed by atoms with van der Waals surface area (Å²) in [7, 11) is 0. The SMILES string of the molecule is O=C(Cn1nnn(-c2ccccc2)c1=O)NCCN1C(=O)S/C(=C\c2ccccc2F)C1=O. The van der Waals surface area contributed by atoms with Crippen molar-refractivity contribution in [1.82, 2.24) is 30.0 Å². The summed E-state index contributed by atoms with van der Waals surface area (Å²) in [5, 5.41) is 9.47. The van der Waals surface area contributed by atoms with E-state index in [1.807, 2.05) is 0 Å². The quantitative estimate of drug-likeness (QED) is 0.521. The summed E-state index contributed by atoms with van der Waals surface area (Å²) in [6.45, 7) is -0.469. The lowest BCUT2D eigenvalue weighted by molar-refractivity contribution is -0.124. The minimum absolute atomic E-state index is 0.0224. The van der Waals surface area contributed by atoms with Crippen molar-refractivity contribution in [2.45, 2.75) is 6.54 Å². The first kappa shape index (κ1) is 22.1. The number of rotatable bonds is 7. The van der Waals surface area contributed by atoms with Gasteiger partial charge in [0.25, 0.3) is 11.1 Å². The minimum atomic E-state index is -0.583. The van der Waals surface area contributed by atoms with Gasteiger partial charge in [0.05, 0.1) is 10.6 Å². The third-order valence-corrected chi connectivity index (χ3v) is 5.56. The van der Waals surface area contributed by atoms with Gasteiger partial charge in [-0.3, -0.25) is 19.3 Å². The van der Waals surface area contributed by atoms with Gasteiger partial charge in [-0.25, -0.2) is 9.18 Å². The van der Waals surface area contributed by atoms with Gasteiger partial charge in [-0.05, 0) is 46.5 Å². The standard InChI is InChI=1S/C21H17FN6O4S/c22-16-9-5-4-6-14(16)12-17-19(30)26(21(32)33-17)11-10-23-18(29)13-27-20(31)28(25-24-27)15-7-2-1-3-8-15/h1-9,12H,10-11,13H2,(H,23,29)/b17-12-. The Morgan fingerprint density at radius 2 is 1.76 bits per heavy atom. The zero-order chi connectivity index (χ0) is 23.4. The number of tetrazole rings is 1. The van der Waals surface area contributed by atoms with E-state index in [1.165, 1.54) is 24.3 Å². The van der Waals surface area contributed by atoms with Gasteiger partial charge in [0.1, 0.15) is 12.4 Å². The van der Waals surface area contributed by atoms with Crippen molar-refractivity contribution in [2.75, 3.05) is 13.1 Å². The molecule has 33 heavy (non-hydrogen) atoms. The highest BCUT2D eigenvalue weighted by Crippen LogP contribution is 2.32. The summed E-state index contributed by atoms with van der Waals surface area (Å²) in [6.07, 6.45) is 1.32. The molecule has 3 aromatic rings. The molecule has 0 unspecified atom stereocenters. The molecule has 1 aliphatic rings. The Bertz CT molecular complexity index is 1300. The Morgan fingerprint density at radius 3 is 2.52 bits per heavy atom. The Labute approximate surface area is 190 Å². The molecule has 1 N–H and O–H groups in total. The number of aromatic nitrogens is 4. The number of nitrogens with one attached hydrogen (secondary N) is 1. The maximum absolute atomic E-state index is 13.8. The molecule has 4 rings (SSSR count). The molecule has 0 saturated carbocycles. The second-order valence-corrected chi connectivity index (χ2v) is 7.86. The molecule has 0 spiro atoms. The van der Waals surface area contributed by atoms with Gasteiger partial charge in [-0.15, -0.1) is 0 Å². The van der Waals surface area contributed by atoms with Crippen LogP contribution in [0.4, 0.5) is 9.18 Å². The molecule has 10 nitrogen and oxygen atoms in total. The third-order valence-electron chi connectivity index (χ3n) is 4.66. The number of halogens is 1. The van der Waals surface area contributed by atoms with E-state index in [4.69, 9.17) is 0 Å². The molecule has 2 heterocycles. The lowest BCUT2D eigenvalue weighted by Gasteiger charge is -2.12. The van der Waals surface area contributed by atoms with E-state index in [9.17, 15) is 23.6 Å². The monoisotopic (exact) mass is 468 g/mol. The highest BCUT2D eigenvalue weighted by atomic mass is 32.2. The van der Waals surface area contributed by atoms with Gasteiger partial charge in [0.15, 0.2) is 0 Å². The maximum atomic E-state index is 13.8. The molecule has 0 aliphatic carbocycles. The molecular formula is C21H17FN6O4S. The zero-order valence-corrected chi connectivity index (χ0v) is 17.9. The van der Waals surface area contributed by atoms with Crippen LogP contribution in [0.25, 0.3) is 11.8 Å². The van der Waals surface area contributed by atoms with Crippen molar-refractivity contribution in [3.05, 3.63) is 81.4 Å². The van der Waals surface area contributed by atoms with Crippen LogP contribution in [0.1, 0.15) is 5.56 Å². The number of thioether (sulfide) groups is 1. The van der Waals surface area contributed by atoms with Crippen molar-refractivity contribution in [3.63, 3.8) is 0 Å². The fourth-order valence-electron chi connectivity index (χ4n) is 3.03. The fraction of sp³-hybridized carbons (Fsp3) is 0.143. The average molecular weight is 468 g/mol. The second kappa shape index (κ2) is 9.61. The Balaban J connectivity index is 1.32. The van der Waals surface area contributed by atoms with Crippen LogP contribution in [-0.2, 0) is 16.1 Å². The van der Waals surface area contributed by atoms with Crippen LogP contribution in [0, 0.1) is 5.82 Å². The van der Waals surface area contributed by atoms with E-state index < -0.39 is 28.6 Å². The number of hydrogen-bond acceptors (Lipinski definition) is 7. The van der Waals surface area contributed by atoms with Gasteiger partial charge in [0.2, 0.25) is 5.91 Å². The Morgan fingerprint density at radius 1 is 1.03 bits per heavy atom. The van der Waals surface area contributed by atoms with Gasteiger partial charge < -0.3 is 5.32 Å². The molecule has 1 fully saturated rings. The van der Waals surface area contributed by atoms with Crippen molar-refractivity contribution in [1.29, 1.82) is 0 Å². The summed E-state index contributed by atoms with van der Waals surface area (Å²) in [5.41, 5.74) is 0.128. The molecule has 1 aromatic heterocycles. The molecule has 3 amide bonds. The minimum Gasteiger partial charge on any atom is -0.353 e. The van der Waals surface area contributed by atoms with Crippen LogP contribution in [0.2, 0.25) is 0 Å². The predicted molar refractivity (Wildman–Crippen MR) is 118 cm³/mol. The molecule has 1 saturated heterocycles. The number of nitrogens with zero attached hydrogens (tertiary/aromatic N) is 5. The molecule has 168 valence electrons. The number of benzene rings is 2. The van der Waals surface area contributed by atoms with Gasteiger partial charge >= 0.3 is 5.69 Å². The zero-order valence-electron chi connectivity index (χ0n) is 17.1.